The molecule has 6 heteroatoms. The van der Waals surface area contributed by atoms with Gasteiger partial charge in [-0.1, -0.05) is 54.6 Å². The number of hydrogen-bond donors (Lipinski definition) is 2. The summed E-state index contributed by atoms with van der Waals surface area (Å²) in [6, 6.07) is 20.8. The van der Waals surface area contributed by atoms with Crippen molar-refractivity contribution < 1.29 is 9.59 Å². The Morgan fingerprint density at radius 3 is 2.54 bits per heavy atom. The van der Waals surface area contributed by atoms with Gasteiger partial charge in [0.25, 0.3) is 11.8 Å². The smallest absolute Gasteiger partial charge is 0.259 e. The van der Waals surface area contributed by atoms with Crippen LogP contribution >= 0.6 is 15.9 Å². The Balaban J connectivity index is 1.56. The predicted molar refractivity (Wildman–Crippen MR) is 106 cm³/mol. The average Bonchev–Trinajstić information content (AvgIpc) is 2.66. The Bertz CT molecular complexity index is 980. The second-order valence-electron chi connectivity index (χ2n) is 5.52. The van der Waals surface area contributed by atoms with E-state index in [1.54, 1.807) is 24.4 Å². The summed E-state index contributed by atoms with van der Waals surface area (Å²) in [5.41, 5.74) is 3.80. The lowest BCUT2D eigenvalue weighted by molar-refractivity contribution is -0.120. The van der Waals surface area contributed by atoms with Crippen LogP contribution in [-0.4, -0.2) is 24.6 Å². The van der Waals surface area contributed by atoms with Gasteiger partial charge in [0.2, 0.25) is 0 Å². The molecule has 0 aliphatic carbocycles. The Labute approximate surface area is 159 Å². The normalized spacial score (nSPS) is 10.8. The highest BCUT2D eigenvalue weighted by atomic mass is 79.9. The monoisotopic (exact) mass is 409 g/mol. The molecule has 3 aromatic carbocycles. The molecular weight excluding hydrogens is 394 g/mol. The molecule has 0 saturated carbocycles. The molecule has 0 heterocycles. The van der Waals surface area contributed by atoms with Gasteiger partial charge >= 0.3 is 0 Å². The van der Waals surface area contributed by atoms with Gasteiger partial charge in [-0.25, -0.2) is 5.43 Å². The maximum Gasteiger partial charge on any atom is 0.259 e. The van der Waals surface area contributed by atoms with Crippen LogP contribution in [0, 0.1) is 0 Å². The van der Waals surface area contributed by atoms with Crippen molar-refractivity contribution >= 4 is 44.7 Å². The van der Waals surface area contributed by atoms with Crippen LogP contribution in [0.3, 0.4) is 0 Å². The molecule has 0 bridgehead atoms. The van der Waals surface area contributed by atoms with Crippen LogP contribution < -0.4 is 10.7 Å². The molecule has 0 radical (unpaired) electrons. The van der Waals surface area contributed by atoms with Crippen LogP contribution in [0.1, 0.15) is 15.9 Å². The molecule has 3 rings (SSSR count). The van der Waals surface area contributed by atoms with E-state index in [1.807, 2.05) is 48.5 Å². The second kappa shape index (κ2) is 8.40. The summed E-state index contributed by atoms with van der Waals surface area (Å²) in [6.07, 6.45) is 1.59. The van der Waals surface area contributed by atoms with Crippen molar-refractivity contribution in [1.82, 2.24) is 10.7 Å². The van der Waals surface area contributed by atoms with Gasteiger partial charge in [-0.3, -0.25) is 9.59 Å². The Morgan fingerprint density at radius 2 is 1.69 bits per heavy atom. The molecule has 0 aliphatic rings. The maximum atomic E-state index is 12.1. The largest absolute Gasteiger partial charge is 0.343 e. The third kappa shape index (κ3) is 4.34. The highest BCUT2D eigenvalue weighted by molar-refractivity contribution is 9.10. The number of rotatable bonds is 5. The first-order chi connectivity index (χ1) is 12.6. The van der Waals surface area contributed by atoms with Crippen LogP contribution in [-0.2, 0) is 4.79 Å². The van der Waals surface area contributed by atoms with Crippen molar-refractivity contribution in [3.63, 3.8) is 0 Å². The number of hydrazone groups is 1. The fourth-order valence-corrected chi connectivity index (χ4v) is 2.94. The number of hydrogen-bond acceptors (Lipinski definition) is 3. The number of amides is 2. The topological polar surface area (TPSA) is 70.6 Å². The third-order valence-electron chi connectivity index (χ3n) is 3.74. The highest BCUT2D eigenvalue weighted by Gasteiger charge is 2.10. The van der Waals surface area contributed by atoms with E-state index < -0.39 is 5.91 Å². The third-order valence-corrected chi connectivity index (χ3v) is 4.44. The van der Waals surface area contributed by atoms with Crippen molar-refractivity contribution in [2.75, 3.05) is 6.54 Å². The first-order valence-electron chi connectivity index (χ1n) is 7.97. The van der Waals surface area contributed by atoms with Crippen molar-refractivity contribution in [2.45, 2.75) is 0 Å². The lowest BCUT2D eigenvalue weighted by atomic mass is 10.1. The fraction of sp³-hybridized carbons (Fsp3) is 0.0500. The minimum atomic E-state index is -0.401. The summed E-state index contributed by atoms with van der Waals surface area (Å²) in [5, 5.41) is 8.69. The molecule has 0 aromatic heterocycles. The molecule has 0 atom stereocenters. The summed E-state index contributed by atoms with van der Waals surface area (Å²) < 4.78 is 0.673. The van der Waals surface area contributed by atoms with Crippen LogP contribution in [0.15, 0.2) is 76.3 Å². The molecule has 0 unspecified atom stereocenters. The zero-order valence-electron chi connectivity index (χ0n) is 13.8. The predicted octanol–water partition coefficient (Wildman–Crippen LogP) is 3.48. The van der Waals surface area contributed by atoms with Gasteiger partial charge in [-0.05, 0) is 38.8 Å². The first-order valence-corrected chi connectivity index (χ1v) is 8.77. The fourth-order valence-electron chi connectivity index (χ4n) is 2.48. The summed E-state index contributed by atoms with van der Waals surface area (Å²) >= 11 is 3.31. The second-order valence-corrected chi connectivity index (χ2v) is 6.38. The SMILES string of the molecule is O=C(CNC(=O)c1ccccc1Br)N/N=C/c1cccc2ccccc12. The van der Waals surface area contributed by atoms with E-state index >= 15 is 0 Å². The van der Waals surface area contributed by atoms with Crippen LogP contribution in [0.2, 0.25) is 0 Å². The number of halogens is 1. The zero-order valence-corrected chi connectivity index (χ0v) is 15.4. The van der Waals surface area contributed by atoms with Gasteiger partial charge < -0.3 is 5.32 Å². The summed E-state index contributed by atoms with van der Waals surface area (Å²) in [6.45, 7) is -0.160. The van der Waals surface area contributed by atoms with E-state index in [2.05, 4.69) is 31.8 Å². The summed E-state index contributed by atoms with van der Waals surface area (Å²) in [7, 11) is 0. The summed E-state index contributed by atoms with van der Waals surface area (Å²) in [5.74, 6) is -0.729. The zero-order chi connectivity index (χ0) is 18.4. The number of nitrogens with one attached hydrogen (secondary N) is 2. The number of carbonyl (C=O) groups excluding carboxylic acids is 2. The molecule has 26 heavy (non-hydrogen) atoms. The van der Waals surface area contributed by atoms with E-state index in [4.69, 9.17) is 0 Å². The van der Waals surface area contributed by atoms with Gasteiger partial charge in [0, 0.05) is 10.0 Å². The highest BCUT2D eigenvalue weighted by Crippen LogP contribution is 2.17. The number of benzene rings is 3. The van der Waals surface area contributed by atoms with Crippen molar-refractivity contribution in [1.29, 1.82) is 0 Å². The van der Waals surface area contributed by atoms with Crippen LogP contribution in [0.5, 0.6) is 0 Å². The van der Waals surface area contributed by atoms with Gasteiger partial charge in [0.1, 0.15) is 0 Å². The lowest BCUT2D eigenvalue weighted by Crippen LogP contribution is -2.35. The van der Waals surface area contributed by atoms with Gasteiger partial charge in [-0.2, -0.15) is 5.10 Å². The van der Waals surface area contributed by atoms with Crippen molar-refractivity contribution in [3.05, 3.63) is 82.3 Å². The molecule has 0 aliphatic heterocycles. The molecule has 0 spiro atoms. The molecule has 2 N–H and O–H groups in total. The number of carbonyl (C=O) groups is 2. The minimum absolute atomic E-state index is 0.160. The molecule has 2 amide bonds. The molecule has 5 nitrogen and oxygen atoms in total. The minimum Gasteiger partial charge on any atom is -0.343 e. The van der Waals surface area contributed by atoms with Crippen LogP contribution in [0.25, 0.3) is 10.8 Å². The van der Waals surface area contributed by atoms with E-state index in [0.717, 1.165) is 16.3 Å². The summed E-state index contributed by atoms with van der Waals surface area (Å²) in [4.78, 5) is 23.9. The number of nitrogens with zero attached hydrogens (tertiary/aromatic N) is 1. The van der Waals surface area contributed by atoms with Gasteiger partial charge in [0.05, 0.1) is 18.3 Å². The van der Waals surface area contributed by atoms with Crippen LogP contribution in [0.4, 0.5) is 0 Å². The molecular formula is C20H16BrN3O2. The molecule has 0 saturated heterocycles. The molecule has 0 fully saturated rings. The standard InChI is InChI=1S/C20H16BrN3O2/c21-18-11-4-3-10-17(18)20(26)22-13-19(25)24-23-12-15-8-5-7-14-6-1-2-9-16(14)15/h1-12H,13H2,(H,22,26)(H,24,25)/b23-12+. The maximum absolute atomic E-state index is 12.1. The van der Waals surface area contributed by atoms with Gasteiger partial charge in [0.15, 0.2) is 0 Å². The molecule has 3 aromatic rings. The average molecular weight is 410 g/mol. The quantitative estimate of drug-likeness (QED) is 0.500. The first kappa shape index (κ1) is 17.8. The van der Waals surface area contributed by atoms with E-state index in [-0.39, 0.29) is 12.5 Å². The van der Waals surface area contributed by atoms with Crippen molar-refractivity contribution in [3.8, 4) is 0 Å². The lowest BCUT2D eigenvalue weighted by Gasteiger charge is -2.06. The van der Waals surface area contributed by atoms with Crippen molar-refractivity contribution in [2.24, 2.45) is 5.10 Å². The molecule has 130 valence electrons. The Morgan fingerprint density at radius 1 is 0.962 bits per heavy atom. The number of fused-ring (bicyclic) bond motifs is 1. The van der Waals surface area contributed by atoms with Gasteiger partial charge in [-0.15, -0.1) is 0 Å². The van der Waals surface area contributed by atoms with E-state index in [0.29, 0.717) is 10.0 Å². The Kier molecular flexibility index (Phi) is 5.76. The Hall–Kier alpha value is -2.99. The van der Waals surface area contributed by atoms with E-state index in [1.165, 1.54) is 0 Å². The van der Waals surface area contributed by atoms with E-state index in [9.17, 15) is 9.59 Å².